The molecular formula is C14H12BrFN2S. The number of benzene rings is 2. The van der Waals surface area contributed by atoms with Crippen molar-refractivity contribution < 1.29 is 4.39 Å². The smallest absolute Gasteiger partial charge is 0.147 e. The van der Waals surface area contributed by atoms with E-state index in [0.29, 0.717) is 11.3 Å². The predicted molar refractivity (Wildman–Crippen MR) is 84.4 cm³/mol. The zero-order chi connectivity index (χ0) is 14.0. The highest BCUT2D eigenvalue weighted by atomic mass is 79.9. The van der Waals surface area contributed by atoms with Crippen LogP contribution in [0.5, 0.6) is 0 Å². The van der Waals surface area contributed by atoms with E-state index >= 15 is 0 Å². The number of nitrogens with one attached hydrogen (secondary N) is 1. The molecule has 0 bridgehead atoms. The van der Waals surface area contributed by atoms with E-state index in [1.807, 2.05) is 25.1 Å². The number of nitrogens with two attached hydrogens (primary N) is 1. The van der Waals surface area contributed by atoms with Crippen LogP contribution in [0.3, 0.4) is 0 Å². The summed E-state index contributed by atoms with van der Waals surface area (Å²) >= 11 is 8.26. The maximum absolute atomic E-state index is 13.9. The third-order valence-corrected chi connectivity index (χ3v) is 3.89. The van der Waals surface area contributed by atoms with E-state index in [-0.39, 0.29) is 10.8 Å². The van der Waals surface area contributed by atoms with Crippen molar-refractivity contribution in [1.82, 2.24) is 0 Å². The first-order valence-electron chi connectivity index (χ1n) is 5.60. The lowest BCUT2D eigenvalue weighted by Crippen LogP contribution is -2.10. The second kappa shape index (κ2) is 5.67. The first-order valence-corrected chi connectivity index (χ1v) is 6.80. The van der Waals surface area contributed by atoms with E-state index in [0.717, 1.165) is 15.7 Å². The molecule has 0 aliphatic heterocycles. The van der Waals surface area contributed by atoms with Crippen LogP contribution in [-0.2, 0) is 0 Å². The van der Waals surface area contributed by atoms with Crippen molar-refractivity contribution in [3.63, 3.8) is 0 Å². The molecule has 0 fully saturated rings. The Morgan fingerprint density at radius 2 is 2.00 bits per heavy atom. The van der Waals surface area contributed by atoms with Crippen molar-refractivity contribution in [1.29, 1.82) is 0 Å². The fourth-order valence-corrected chi connectivity index (χ4v) is 2.15. The molecular weight excluding hydrogens is 327 g/mol. The van der Waals surface area contributed by atoms with E-state index in [9.17, 15) is 4.39 Å². The number of anilines is 2. The number of hydrogen-bond acceptors (Lipinski definition) is 2. The molecule has 0 heterocycles. The summed E-state index contributed by atoms with van der Waals surface area (Å²) in [6, 6.07) is 10.4. The number of thiocarbonyl (C=S) groups is 1. The Morgan fingerprint density at radius 3 is 2.63 bits per heavy atom. The zero-order valence-corrected chi connectivity index (χ0v) is 12.6. The quantitative estimate of drug-likeness (QED) is 0.820. The van der Waals surface area contributed by atoms with Gasteiger partial charge in [-0.1, -0.05) is 34.2 Å². The molecule has 0 spiro atoms. The van der Waals surface area contributed by atoms with Crippen molar-refractivity contribution in [2.75, 3.05) is 5.32 Å². The largest absolute Gasteiger partial charge is 0.389 e. The van der Waals surface area contributed by atoms with Gasteiger partial charge < -0.3 is 11.1 Å². The van der Waals surface area contributed by atoms with Crippen LogP contribution in [0.25, 0.3) is 0 Å². The molecule has 5 heteroatoms. The Bertz CT molecular complexity index is 643. The van der Waals surface area contributed by atoms with Crippen LogP contribution in [0.2, 0.25) is 0 Å². The molecule has 2 aromatic carbocycles. The van der Waals surface area contributed by atoms with Gasteiger partial charge in [0, 0.05) is 15.7 Å². The molecule has 98 valence electrons. The molecule has 3 N–H and O–H groups in total. The minimum atomic E-state index is -0.385. The average Bonchev–Trinajstić information content (AvgIpc) is 2.37. The Labute approximate surface area is 124 Å². The van der Waals surface area contributed by atoms with E-state index in [1.54, 1.807) is 12.1 Å². The number of halogens is 2. The molecule has 19 heavy (non-hydrogen) atoms. The molecule has 0 aliphatic rings. The van der Waals surface area contributed by atoms with Gasteiger partial charge in [0.1, 0.15) is 10.8 Å². The number of rotatable bonds is 3. The van der Waals surface area contributed by atoms with Gasteiger partial charge in [0.15, 0.2) is 0 Å². The predicted octanol–water partition coefficient (Wildman–Crippen LogP) is 4.27. The fraction of sp³-hybridized carbons (Fsp3) is 0.0714. The topological polar surface area (TPSA) is 38.0 Å². The monoisotopic (exact) mass is 338 g/mol. The van der Waals surface area contributed by atoms with Gasteiger partial charge in [-0.2, -0.15) is 0 Å². The highest BCUT2D eigenvalue weighted by Gasteiger charge is 2.07. The second-order valence-corrected chi connectivity index (χ2v) is 5.39. The lowest BCUT2D eigenvalue weighted by molar-refractivity contribution is 0.631. The van der Waals surface area contributed by atoms with Crippen molar-refractivity contribution in [2.24, 2.45) is 5.73 Å². The van der Waals surface area contributed by atoms with E-state index in [2.05, 4.69) is 21.2 Å². The third kappa shape index (κ3) is 3.11. The minimum absolute atomic E-state index is 0.184. The summed E-state index contributed by atoms with van der Waals surface area (Å²) in [7, 11) is 0. The molecule has 0 radical (unpaired) electrons. The van der Waals surface area contributed by atoms with Crippen molar-refractivity contribution >= 4 is 44.5 Å². The average molecular weight is 339 g/mol. The van der Waals surface area contributed by atoms with Crippen LogP contribution < -0.4 is 11.1 Å². The van der Waals surface area contributed by atoms with Gasteiger partial charge in [-0.15, -0.1) is 0 Å². The van der Waals surface area contributed by atoms with E-state index < -0.39 is 0 Å². The molecule has 0 aliphatic carbocycles. The van der Waals surface area contributed by atoms with Gasteiger partial charge >= 0.3 is 0 Å². The van der Waals surface area contributed by atoms with Crippen molar-refractivity contribution in [3.05, 3.63) is 57.8 Å². The maximum Gasteiger partial charge on any atom is 0.147 e. The highest BCUT2D eigenvalue weighted by molar-refractivity contribution is 9.10. The second-order valence-electron chi connectivity index (χ2n) is 4.10. The molecule has 2 aromatic rings. The van der Waals surface area contributed by atoms with Crippen LogP contribution in [0.4, 0.5) is 15.8 Å². The Kier molecular flexibility index (Phi) is 4.17. The zero-order valence-electron chi connectivity index (χ0n) is 10.2. The van der Waals surface area contributed by atoms with Gasteiger partial charge in [-0.25, -0.2) is 4.39 Å². The number of hydrogen-bond donors (Lipinski definition) is 2. The first kappa shape index (κ1) is 14.0. The molecule has 0 amide bonds. The molecule has 0 saturated heterocycles. The Balaban J connectivity index is 2.34. The minimum Gasteiger partial charge on any atom is -0.389 e. The summed E-state index contributed by atoms with van der Waals surface area (Å²) in [6.45, 7) is 1.95. The molecule has 0 saturated carbocycles. The van der Waals surface area contributed by atoms with E-state index in [4.69, 9.17) is 18.0 Å². The summed E-state index contributed by atoms with van der Waals surface area (Å²) < 4.78 is 14.9. The van der Waals surface area contributed by atoms with Crippen LogP contribution in [-0.4, -0.2) is 4.99 Å². The van der Waals surface area contributed by atoms with Gasteiger partial charge in [0.05, 0.1) is 5.69 Å². The van der Waals surface area contributed by atoms with E-state index in [1.165, 1.54) is 6.07 Å². The van der Waals surface area contributed by atoms with Crippen LogP contribution in [0.15, 0.2) is 40.9 Å². The SMILES string of the molecule is Cc1c(Br)cccc1Nc1ccc(C(N)=S)cc1F. The Hall–Kier alpha value is -1.46. The normalized spacial score (nSPS) is 10.3. The van der Waals surface area contributed by atoms with Crippen molar-refractivity contribution in [3.8, 4) is 0 Å². The van der Waals surface area contributed by atoms with Crippen molar-refractivity contribution in [2.45, 2.75) is 6.92 Å². The highest BCUT2D eigenvalue weighted by Crippen LogP contribution is 2.27. The van der Waals surface area contributed by atoms with Crippen LogP contribution in [0.1, 0.15) is 11.1 Å². The summed E-state index contributed by atoms with van der Waals surface area (Å²) in [5.74, 6) is -0.385. The van der Waals surface area contributed by atoms with Gasteiger partial charge in [-0.3, -0.25) is 0 Å². The third-order valence-electron chi connectivity index (χ3n) is 2.79. The summed E-state index contributed by atoms with van der Waals surface area (Å²) in [5.41, 5.74) is 8.23. The van der Waals surface area contributed by atoms with Crippen LogP contribution >= 0.6 is 28.1 Å². The molecule has 0 atom stereocenters. The van der Waals surface area contributed by atoms with Gasteiger partial charge in [-0.05, 0) is 42.8 Å². The maximum atomic E-state index is 13.9. The standard InChI is InChI=1S/C14H12BrFN2S/c1-8-10(15)3-2-4-12(8)18-13-6-5-9(14(17)19)7-11(13)16/h2-7,18H,1H3,(H2,17,19). The lowest BCUT2D eigenvalue weighted by Gasteiger charge is -2.12. The van der Waals surface area contributed by atoms with Gasteiger partial charge in [0.25, 0.3) is 0 Å². The summed E-state index contributed by atoms with van der Waals surface area (Å²) in [4.78, 5) is 0.184. The molecule has 2 rings (SSSR count). The Morgan fingerprint density at radius 1 is 1.26 bits per heavy atom. The van der Waals surface area contributed by atoms with Gasteiger partial charge in [0.2, 0.25) is 0 Å². The molecule has 2 nitrogen and oxygen atoms in total. The fourth-order valence-electron chi connectivity index (χ4n) is 1.66. The molecule has 0 aromatic heterocycles. The summed E-state index contributed by atoms with van der Waals surface area (Å²) in [6.07, 6.45) is 0. The first-order chi connectivity index (χ1) is 8.99. The summed E-state index contributed by atoms with van der Waals surface area (Å²) in [5, 5.41) is 3.06. The lowest BCUT2D eigenvalue weighted by atomic mass is 10.1. The molecule has 0 unspecified atom stereocenters. The van der Waals surface area contributed by atoms with Crippen LogP contribution in [0, 0.1) is 12.7 Å².